The highest BCUT2D eigenvalue weighted by Gasteiger charge is 2.08. The molecular weight excluding hydrogens is 268 g/mol. The van der Waals surface area contributed by atoms with Crippen molar-refractivity contribution in [3.05, 3.63) is 63.0 Å². The van der Waals surface area contributed by atoms with Gasteiger partial charge in [0.2, 0.25) is 0 Å². The van der Waals surface area contributed by atoms with Crippen LogP contribution in [0, 0.1) is 6.92 Å². The third kappa shape index (κ3) is 2.39. The highest BCUT2D eigenvalue weighted by atomic mass is 32.1. The molecule has 2 heterocycles. The quantitative estimate of drug-likeness (QED) is 0.739. The van der Waals surface area contributed by atoms with Gasteiger partial charge in [0, 0.05) is 4.88 Å². The van der Waals surface area contributed by atoms with Gasteiger partial charge in [-0.2, -0.15) is 0 Å². The summed E-state index contributed by atoms with van der Waals surface area (Å²) in [6.07, 6.45) is 2.60. The second-order valence-electron chi connectivity index (χ2n) is 4.95. The minimum absolute atomic E-state index is 0.0486. The fourth-order valence-corrected chi connectivity index (χ4v) is 3.23. The van der Waals surface area contributed by atoms with Gasteiger partial charge in [-0.05, 0) is 25.0 Å². The average molecular weight is 284 g/mol. The predicted molar refractivity (Wildman–Crippen MR) is 83.5 cm³/mol. The van der Waals surface area contributed by atoms with E-state index in [1.807, 2.05) is 18.2 Å². The summed E-state index contributed by atoms with van der Waals surface area (Å²) in [5.74, 6) is 0. The average Bonchev–Trinajstić information content (AvgIpc) is 2.86. The molecule has 2 aromatic heterocycles. The van der Waals surface area contributed by atoms with Gasteiger partial charge >= 0.3 is 0 Å². The van der Waals surface area contributed by atoms with E-state index in [2.05, 4.69) is 31.0 Å². The number of fused-ring (bicyclic) bond motifs is 1. The van der Waals surface area contributed by atoms with Crippen molar-refractivity contribution in [3.63, 3.8) is 0 Å². The number of aromatic nitrogens is 2. The number of thiophene rings is 1. The lowest BCUT2D eigenvalue weighted by Gasteiger charge is -2.06. The van der Waals surface area contributed by atoms with Crippen molar-refractivity contribution < 1.29 is 0 Å². The van der Waals surface area contributed by atoms with Crippen LogP contribution in [0.5, 0.6) is 0 Å². The van der Waals surface area contributed by atoms with Gasteiger partial charge in [0.15, 0.2) is 0 Å². The largest absolute Gasteiger partial charge is 0.294 e. The van der Waals surface area contributed by atoms with Crippen LogP contribution in [0.4, 0.5) is 0 Å². The topological polar surface area (TPSA) is 34.9 Å². The van der Waals surface area contributed by atoms with E-state index in [1.165, 1.54) is 10.4 Å². The van der Waals surface area contributed by atoms with Gasteiger partial charge in [0.05, 0.1) is 18.3 Å². The maximum absolute atomic E-state index is 12.5. The second kappa shape index (κ2) is 5.21. The van der Waals surface area contributed by atoms with Crippen LogP contribution in [0.1, 0.15) is 22.9 Å². The van der Waals surface area contributed by atoms with Crippen LogP contribution < -0.4 is 5.56 Å². The lowest BCUT2D eigenvalue weighted by Crippen LogP contribution is -2.20. The summed E-state index contributed by atoms with van der Waals surface area (Å²) < 4.78 is 1.68. The van der Waals surface area contributed by atoms with Crippen molar-refractivity contribution in [2.45, 2.75) is 26.8 Å². The molecule has 0 saturated heterocycles. The zero-order chi connectivity index (χ0) is 14.1. The van der Waals surface area contributed by atoms with Gasteiger partial charge in [-0.15, -0.1) is 11.3 Å². The molecule has 3 nitrogen and oxygen atoms in total. The van der Waals surface area contributed by atoms with Gasteiger partial charge in [-0.3, -0.25) is 9.36 Å². The van der Waals surface area contributed by atoms with E-state index in [1.54, 1.807) is 22.2 Å². The molecule has 0 unspecified atom stereocenters. The Morgan fingerprint density at radius 2 is 2.15 bits per heavy atom. The maximum Gasteiger partial charge on any atom is 0.262 e. The third-order valence-corrected chi connectivity index (χ3v) is 4.54. The summed E-state index contributed by atoms with van der Waals surface area (Å²) in [5, 5.41) is 0.738. The Kier molecular flexibility index (Phi) is 3.40. The van der Waals surface area contributed by atoms with Crippen molar-refractivity contribution in [2.24, 2.45) is 0 Å². The normalized spacial score (nSPS) is 11.1. The lowest BCUT2D eigenvalue weighted by atomic mass is 10.1. The predicted octanol–water partition coefficient (Wildman–Crippen LogP) is 3.38. The van der Waals surface area contributed by atoms with Gasteiger partial charge in [0.1, 0.15) is 4.83 Å². The maximum atomic E-state index is 12.5. The summed E-state index contributed by atoms with van der Waals surface area (Å²) in [4.78, 5) is 18.9. The lowest BCUT2D eigenvalue weighted by molar-refractivity contribution is 0.749. The van der Waals surface area contributed by atoms with Gasteiger partial charge in [-0.1, -0.05) is 36.8 Å². The van der Waals surface area contributed by atoms with Crippen LogP contribution in [-0.4, -0.2) is 9.55 Å². The first-order valence-electron chi connectivity index (χ1n) is 6.71. The molecule has 0 bridgehead atoms. The number of hydrogen-bond acceptors (Lipinski definition) is 3. The number of aryl methyl sites for hydroxylation is 2. The molecule has 0 spiro atoms. The Morgan fingerprint density at radius 1 is 1.30 bits per heavy atom. The molecule has 20 heavy (non-hydrogen) atoms. The minimum Gasteiger partial charge on any atom is -0.294 e. The molecule has 3 rings (SSSR count). The van der Waals surface area contributed by atoms with E-state index >= 15 is 0 Å². The Balaban J connectivity index is 2.04. The first-order chi connectivity index (χ1) is 9.67. The smallest absolute Gasteiger partial charge is 0.262 e. The van der Waals surface area contributed by atoms with Crippen molar-refractivity contribution in [2.75, 3.05) is 0 Å². The minimum atomic E-state index is 0.0486. The van der Waals surface area contributed by atoms with Crippen molar-refractivity contribution >= 4 is 21.6 Å². The molecule has 0 aliphatic carbocycles. The van der Waals surface area contributed by atoms with E-state index in [-0.39, 0.29) is 5.56 Å². The molecule has 0 amide bonds. The molecule has 3 aromatic rings. The van der Waals surface area contributed by atoms with E-state index in [9.17, 15) is 4.79 Å². The highest BCUT2D eigenvalue weighted by Crippen LogP contribution is 2.21. The van der Waals surface area contributed by atoms with Crippen molar-refractivity contribution in [1.29, 1.82) is 0 Å². The number of hydrogen-bond donors (Lipinski definition) is 0. The number of nitrogens with zero attached hydrogens (tertiary/aromatic N) is 2. The Bertz CT molecular complexity index is 817. The van der Waals surface area contributed by atoms with E-state index in [0.29, 0.717) is 6.54 Å². The number of benzene rings is 1. The molecule has 0 saturated carbocycles. The molecule has 0 atom stereocenters. The van der Waals surface area contributed by atoms with E-state index in [0.717, 1.165) is 22.2 Å². The molecule has 1 aromatic carbocycles. The molecule has 0 aliphatic rings. The zero-order valence-corrected chi connectivity index (χ0v) is 12.4. The Hall–Kier alpha value is -1.94. The summed E-state index contributed by atoms with van der Waals surface area (Å²) in [7, 11) is 0. The molecule has 0 aliphatic heterocycles. The molecule has 4 heteroatoms. The standard InChI is InChI=1S/C16H16N2OS/c1-3-13-8-14-15(20-13)17-10-18(16(14)19)9-12-6-4-5-11(2)7-12/h4-8,10H,3,9H2,1-2H3. The van der Waals surface area contributed by atoms with Gasteiger partial charge in [-0.25, -0.2) is 4.98 Å². The highest BCUT2D eigenvalue weighted by molar-refractivity contribution is 7.18. The van der Waals surface area contributed by atoms with Crippen LogP contribution in [-0.2, 0) is 13.0 Å². The van der Waals surface area contributed by atoms with Crippen LogP contribution in [0.3, 0.4) is 0 Å². The molecular formula is C16H16N2OS. The fourth-order valence-electron chi connectivity index (χ4n) is 2.30. The number of rotatable bonds is 3. The summed E-state index contributed by atoms with van der Waals surface area (Å²) in [6, 6.07) is 10.2. The molecule has 0 radical (unpaired) electrons. The zero-order valence-electron chi connectivity index (χ0n) is 11.6. The van der Waals surface area contributed by atoms with Crippen LogP contribution in [0.2, 0.25) is 0 Å². The van der Waals surface area contributed by atoms with Gasteiger partial charge < -0.3 is 0 Å². The van der Waals surface area contributed by atoms with E-state index < -0.39 is 0 Å². The third-order valence-electron chi connectivity index (χ3n) is 3.35. The Labute approximate surface area is 121 Å². The molecule has 102 valence electrons. The van der Waals surface area contributed by atoms with Crippen molar-refractivity contribution in [3.8, 4) is 0 Å². The van der Waals surface area contributed by atoms with E-state index in [4.69, 9.17) is 0 Å². The monoisotopic (exact) mass is 284 g/mol. The van der Waals surface area contributed by atoms with Crippen LogP contribution >= 0.6 is 11.3 Å². The molecule has 0 N–H and O–H groups in total. The van der Waals surface area contributed by atoms with Crippen LogP contribution in [0.25, 0.3) is 10.2 Å². The first kappa shape index (κ1) is 13.1. The summed E-state index contributed by atoms with van der Waals surface area (Å²) in [5.41, 5.74) is 2.38. The van der Waals surface area contributed by atoms with Crippen LogP contribution in [0.15, 0.2) is 41.5 Å². The van der Waals surface area contributed by atoms with Gasteiger partial charge in [0.25, 0.3) is 5.56 Å². The second-order valence-corrected chi connectivity index (χ2v) is 6.07. The summed E-state index contributed by atoms with van der Waals surface area (Å²) >= 11 is 1.60. The Morgan fingerprint density at radius 3 is 2.90 bits per heavy atom. The van der Waals surface area contributed by atoms with Crippen molar-refractivity contribution in [1.82, 2.24) is 9.55 Å². The fraction of sp³-hybridized carbons (Fsp3) is 0.250. The summed E-state index contributed by atoms with van der Waals surface area (Å²) in [6.45, 7) is 4.72. The SMILES string of the molecule is CCc1cc2c(=O)n(Cc3cccc(C)c3)cnc2s1. The molecule has 0 fully saturated rings. The first-order valence-corrected chi connectivity index (χ1v) is 7.52.